The van der Waals surface area contributed by atoms with Crippen LogP contribution >= 0.6 is 0 Å². The van der Waals surface area contributed by atoms with Crippen LogP contribution in [0.5, 0.6) is 0 Å². The van der Waals surface area contributed by atoms with Crippen LogP contribution in [0.3, 0.4) is 0 Å². The third kappa shape index (κ3) is 0.816. The molecule has 1 aliphatic rings. The van der Waals surface area contributed by atoms with Crippen molar-refractivity contribution in [1.82, 2.24) is 0 Å². The van der Waals surface area contributed by atoms with Gasteiger partial charge in [0.2, 0.25) is 0 Å². The Labute approximate surface area is 47.5 Å². The van der Waals surface area contributed by atoms with Crippen molar-refractivity contribution >= 4 is 5.97 Å². The summed E-state index contributed by atoms with van der Waals surface area (Å²) in [5, 5.41) is 9.99. The van der Waals surface area contributed by atoms with Crippen molar-refractivity contribution in [1.29, 1.82) is 0 Å². The van der Waals surface area contributed by atoms with Crippen molar-refractivity contribution in [3.63, 3.8) is 0 Å². The minimum absolute atomic E-state index is 0.174. The Hall–Kier alpha value is -0.570. The number of rotatable bonds is 2. The lowest BCUT2D eigenvalue weighted by Crippen LogP contribution is -2.52. The second-order valence-corrected chi connectivity index (χ2v) is 2.21. The molecule has 0 aromatic carbocycles. The normalized spacial score (nSPS) is 34.6. The third-order valence-corrected chi connectivity index (χ3v) is 1.60. The number of hydrogen-bond acceptors (Lipinski definition) is 2. The van der Waals surface area contributed by atoms with Crippen LogP contribution in [0, 0.1) is 11.8 Å². The zero-order chi connectivity index (χ0) is 6.15. The van der Waals surface area contributed by atoms with Crippen molar-refractivity contribution in [3.05, 3.63) is 0 Å². The number of carboxylic acids is 1. The van der Waals surface area contributed by atoms with Crippen molar-refractivity contribution in [3.8, 4) is 0 Å². The van der Waals surface area contributed by atoms with Crippen LogP contribution in [0.25, 0.3) is 0 Å². The molecule has 0 radical (unpaired) electrons. The Balaban J connectivity index is 2.26. The van der Waals surface area contributed by atoms with Gasteiger partial charge >= 0.3 is 0 Å². The van der Waals surface area contributed by atoms with Crippen LogP contribution in [0.15, 0.2) is 0 Å². The average molecular weight is 115 g/mol. The van der Waals surface area contributed by atoms with E-state index in [0.29, 0.717) is 5.92 Å². The van der Waals surface area contributed by atoms with Crippen LogP contribution in [0.2, 0.25) is 0 Å². The SMILES string of the molecule is [NH3+]C[C@@H]1C[C@@H]1C(=O)[O-]. The fraction of sp³-hybridized carbons (Fsp3) is 0.800. The summed E-state index contributed by atoms with van der Waals surface area (Å²) in [7, 11) is 0. The molecule has 0 heterocycles. The first kappa shape index (κ1) is 5.56. The topological polar surface area (TPSA) is 67.8 Å². The standard InChI is InChI=1S/C5H9NO2/c6-2-3-1-4(3)5(7)8/h3-4H,1-2,6H2,(H,7,8)/t3-,4-/m0/s1. The van der Waals surface area contributed by atoms with Crippen LogP contribution in [-0.4, -0.2) is 12.5 Å². The van der Waals surface area contributed by atoms with E-state index in [1.165, 1.54) is 0 Å². The third-order valence-electron chi connectivity index (χ3n) is 1.60. The zero-order valence-electron chi connectivity index (χ0n) is 4.59. The van der Waals surface area contributed by atoms with Gasteiger partial charge in [0.1, 0.15) is 0 Å². The first-order chi connectivity index (χ1) is 3.75. The highest BCUT2D eigenvalue weighted by molar-refractivity contribution is 5.71. The number of carboxylic acid groups (broad SMARTS) is 1. The van der Waals surface area contributed by atoms with E-state index >= 15 is 0 Å². The van der Waals surface area contributed by atoms with Gasteiger partial charge in [-0.15, -0.1) is 0 Å². The largest absolute Gasteiger partial charge is 0.550 e. The van der Waals surface area contributed by atoms with E-state index in [0.717, 1.165) is 13.0 Å². The van der Waals surface area contributed by atoms with Gasteiger partial charge in [0, 0.05) is 17.8 Å². The van der Waals surface area contributed by atoms with Gasteiger partial charge in [-0.05, 0) is 6.42 Å². The lowest BCUT2D eigenvalue weighted by molar-refractivity contribution is -0.374. The monoisotopic (exact) mass is 115 g/mol. The molecule has 0 aliphatic heterocycles. The van der Waals surface area contributed by atoms with Crippen LogP contribution in [-0.2, 0) is 4.79 Å². The van der Waals surface area contributed by atoms with Gasteiger partial charge in [0.25, 0.3) is 0 Å². The maximum Gasteiger partial charge on any atom is 0.0775 e. The smallest absolute Gasteiger partial charge is 0.0775 e. The zero-order valence-corrected chi connectivity index (χ0v) is 4.59. The molecule has 0 spiro atoms. The Morgan fingerprint density at radius 3 is 2.62 bits per heavy atom. The molecule has 2 atom stereocenters. The minimum atomic E-state index is -0.904. The van der Waals surface area contributed by atoms with E-state index in [9.17, 15) is 9.90 Å². The molecule has 3 N–H and O–H groups in total. The second-order valence-electron chi connectivity index (χ2n) is 2.21. The molecule has 1 saturated carbocycles. The summed E-state index contributed by atoms with van der Waals surface area (Å²) in [6.07, 6.45) is 0.784. The molecule has 0 saturated heterocycles. The van der Waals surface area contributed by atoms with E-state index in [2.05, 4.69) is 5.73 Å². The Morgan fingerprint density at radius 1 is 1.88 bits per heavy atom. The van der Waals surface area contributed by atoms with E-state index in [-0.39, 0.29) is 5.92 Å². The van der Waals surface area contributed by atoms with Crippen LogP contribution in [0.4, 0.5) is 0 Å². The van der Waals surface area contributed by atoms with E-state index in [1.54, 1.807) is 0 Å². The lowest BCUT2D eigenvalue weighted by atomic mass is 10.3. The molecule has 1 aliphatic carbocycles. The van der Waals surface area contributed by atoms with Gasteiger partial charge in [-0.2, -0.15) is 0 Å². The molecule has 3 nitrogen and oxygen atoms in total. The summed E-state index contributed by atoms with van der Waals surface area (Å²) in [5.74, 6) is -0.758. The molecule has 0 amide bonds. The number of hydrogen-bond donors (Lipinski definition) is 1. The lowest BCUT2D eigenvalue weighted by Gasteiger charge is -1.94. The summed E-state index contributed by atoms with van der Waals surface area (Å²) >= 11 is 0. The maximum atomic E-state index is 9.99. The molecular weight excluding hydrogens is 106 g/mol. The minimum Gasteiger partial charge on any atom is -0.550 e. The first-order valence-electron chi connectivity index (χ1n) is 2.76. The van der Waals surface area contributed by atoms with Crippen LogP contribution < -0.4 is 10.8 Å². The summed E-state index contributed by atoms with van der Waals surface area (Å²) < 4.78 is 0. The quantitative estimate of drug-likeness (QED) is 0.436. The highest BCUT2D eigenvalue weighted by Gasteiger charge is 2.38. The predicted octanol–water partition coefficient (Wildman–Crippen LogP) is -2.39. The van der Waals surface area contributed by atoms with Crippen LogP contribution in [0.1, 0.15) is 6.42 Å². The molecule has 1 fully saturated rings. The van der Waals surface area contributed by atoms with Gasteiger partial charge < -0.3 is 15.6 Å². The summed E-state index contributed by atoms with van der Waals surface area (Å²) in [6.45, 7) is 0.735. The fourth-order valence-electron chi connectivity index (χ4n) is 0.855. The number of carbonyl (C=O) groups is 1. The molecule has 3 heteroatoms. The average Bonchev–Trinajstić information content (AvgIpc) is 2.42. The van der Waals surface area contributed by atoms with Gasteiger partial charge in [-0.1, -0.05) is 0 Å². The van der Waals surface area contributed by atoms with Gasteiger partial charge in [-0.3, -0.25) is 0 Å². The summed E-state index contributed by atoms with van der Waals surface area (Å²) in [6, 6.07) is 0. The Bertz CT molecular complexity index is 113. The molecule has 0 aromatic rings. The molecule has 0 aromatic heterocycles. The van der Waals surface area contributed by atoms with Crippen molar-refractivity contribution in [2.24, 2.45) is 11.8 Å². The fourth-order valence-corrected chi connectivity index (χ4v) is 0.855. The molecule has 0 unspecified atom stereocenters. The van der Waals surface area contributed by atoms with Crippen molar-refractivity contribution in [2.45, 2.75) is 6.42 Å². The molecule has 0 bridgehead atoms. The summed E-state index contributed by atoms with van der Waals surface area (Å²) in [4.78, 5) is 9.99. The molecule has 8 heavy (non-hydrogen) atoms. The van der Waals surface area contributed by atoms with Gasteiger partial charge in [0.05, 0.1) is 6.54 Å². The highest BCUT2D eigenvalue weighted by Crippen LogP contribution is 2.35. The number of carbonyl (C=O) groups excluding carboxylic acids is 1. The predicted molar refractivity (Wildman–Crippen MR) is 24.4 cm³/mol. The molecule has 1 rings (SSSR count). The Kier molecular flexibility index (Phi) is 1.21. The van der Waals surface area contributed by atoms with Crippen molar-refractivity contribution < 1.29 is 15.6 Å². The van der Waals surface area contributed by atoms with Gasteiger partial charge in [0.15, 0.2) is 0 Å². The Morgan fingerprint density at radius 2 is 2.50 bits per heavy atom. The maximum absolute atomic E-state index is 9.99. The summed E-state index contributed by atoms with van der Waals surface area (Å²) in [5.41, 5.74) is 3.59. The van der Waals surface area contributed by atoms with E-state index in [4.69, 9.17) is 0 Å². The molecule has 46 valence electrons. The van der Waals surface area contributed by atoms with Gasteiger partial charge in [-0.25, -0.2) is 0 Å². The van der Waals surface area contributed by atoms with Crippen molar-refractivity contribution in [2.75, 3.05) is 6.54 Å². The van der Waals surface area contributed by atoms with E-state index in [1.807, 2.05) is 0 Å². The second kappa shape index (κ2) is 1.74. The molecular formula is C5H9NO2. The number of quaternary nitrogens is 1. The highest BCUT2D eigenvalue weighted by atomic mass is 16.4. The number of aliphatic carboxylic acids is 1. The van der Waals surface area contributed by atoms with E-state index < -0.39 is 5.97 Å². The first-order valence-corrected chi connectivity index (χ1v) is 2.76.